The predicted octanol–water partition coefficient (Wildman–Crippen LogP) is 5.87. The summed E-state index contributed by atoms with van der Waals surface area (Å²) in [5, 5.41) is 2.18. The van der Waals surface area contributed by atoms with E-state index < -0.39 is 0 Å². The molecule has 0 spiro atoms. The Kier molecular flexibility index (Phi) is 4.49. The first-order valence-electron chi connectivity index (χ1n) is 7.40. The van der Waals surface area contributed by atoms with Gasteiger partial charge in [-0.3, -0.25) is 0 Å². The van der Waals surface area contributed by atoms with E-state index in [0.717, 1.165) is 0 Å². The topological polar surface area (TPSA) is 0 Å². The quantitative estimate of drug-likeness (QED) is 0.642. The van der Waals surface area contributed by atoms with Crippen molar-refractivity contribution < 1.29 is 0 Å². The molecule has 0 bridgehead atoms. The number of allylic oxidation sites excluding steroid dienone is 4. The van der Waals surface area contributed by atoms with Gasteiger partial charge in [0.25, 0.3) is 0 Å². The van der Waals surface area contributed by atoms with Crippen molar-refractivity contribution >= 4 is 16.9 Å². The van der Waals surface area contributed by atoms with Gasteiger partial charge in [0, 0.05) is 4.88 Å². The molecule has 0 saturated heterocycles. The highest BCUT2D eigenvalue weighted by molar-refractivity contribution is 7.11. The van der Waals surface area contributed by atoms with E-state index in [0.29, 0.717) is 0 Å². The normalized spacial score (nSPS) is 14.8. The van der Waals surface area contributed by atoms with Gasteiger partial charge in [-0.15, -0.1) is 11.3 Å². The zero-order valence-corrected chi connectivity index (χ0v) is 12.5. The average Bonchev–Trinajstić information content (AvgIpc) is 3.03. The van der Waals surface area contributed by atoms with E-state index in [2.05, 4.69) is 60.0 Å². The first kappa shape index (κ1) is 13.4. The number of hydrogen-bond donors (Lipinski definition) is 0. The fraction of sp³-hybridized carbons (Fsp3) is 0.263. The number of benzene rings is 1. The maximum Gasteiger partial charge on any atom is 0.0305 e. The maximum atomic E-state index is 2.35. The van der Waals surface area contributed by atoms with Gasteiger partial charge < -0.3 is 0 Å². The summed E-state index contributed by atoms with van der Waals surface area (Å²) in [6.07, 6.45) is 10.7. The van der Waals surface area contributed by atoms with Gasteiger partial charge >= 0.3 is 0 Å². The zero-order chi connectivity index (χ0) is 13.6. The molecule has 1 aliphatic rings. The lowest BCUT2D eigenvalue weighted by molar-refractivity contribution is 0.817. The van der Waals surface area contributed by atoms with Crippen LogP contribution in [0.25, 0.3) is 5.57 Å². The van der Waals surface area contributed by atoms with E-state index in [1.807, 2.05) is 11.3 Å². The fourth-order valence-corrected chi connectivity index (χ4v) is 3.64. The number of rotatable bonds is 5. The summed E-state index contributed by atoms with van der Waals surface area (Å²) in [4.78, 5) is 1.46. The smallest absolute Gasteiger partial charge is 0.0305 e. The molecule has 1 aromatic carbocycles. The molecule has 0 fully saturated rings. The van der Waals surface area contributed by atoms with E-state index >= 15 is 0 Å². The summed E-state index contributed by atoms with van der Waals surface area (Å²) in [6, 6.07) is 15.2. The molecule has 1 aliphatic carbocycles. The minimum absolute atomic E-state index is 1.18. The van der Waals surface area contributed by atoms with Gasteiger partial charge in [-0.25, -0.2) is 0 Å². The van der Waals surface area contributed by atoms with Crippen molar-refractivity contribution in [2.75, 3.05) is 0 Å². The number of hydrogen-bond acceptors (Lipinski definition) is 1. The average molecular weight is 280 g/mol. The van der Waals surface area contributed by atoms with Gasteiger partial charge in [0.05, 0.1) is 0 Å². The Labute approximate surface area is 125 Å². The fourth-order valence-electron chi connectivity index (χ4n) is 2.81. The SMILES string of the molecule is C1=CC(CCCc2ccccc2)=C(c2cccs2)CC1. The molecule has 0 saturated carbocycles. The molecule has 0 N–H and O–H groups in total. The van der Waals surface area contributed by atoms with Crippen molar-refractivity contribution in [3.05, 3.63) is 76.0 Å². The van der Waals surface area contributed by atoms with Crippen LogP contribution >= 0.6 is 11.3 Å². The highest BCUT2D eigenvalue weighted by Gasteiger charge is 2.11. The van der Waals surface area contributed by atoms with Crippen LogP contribution in [0.5, 0.6) is 0 Å². The Balaban J connectivity index is 1.67. The van der Waals surface area contributed by atoms with E-state index in [1.165, 1.54) is 42.5 Å². The number of aryl methyl sites for hydroxylation is 1. The molecule has 0 aliphatic heterocycles. The van der Waals surface area contributed by atoms with Crippen molar-refractivity contribution in [1.82, 2.24) is 0 Å². The van der Waals surface area contributed by atoms with Gasteiger partial charge in [-0.1, -0.05) is 48.6 Å². The van der Waals surface area contributed by atoms with Crippen LogP contribution in [0.3, 0.4) is 0 Å². The third-order valence-corrected chi connectivity index (χ3v) is 4.77. The molecule has 102 valence electrons. The summed E-state index contributed by atoms with van der Waals surface area (Å²) in [6.45, 7) is 0. The standard InChI is InChI=1S/C19H20S/c1-2-8-16(9-3-1)10-6-12-17-11-4-5-13-18(17)19-14-7-15-20-19/h1-4,7-9,11,14-15H,5-6,10,12-13H2. The second kappa shape index (κ2) is 6.71. The molecule has 2 aromatic rings. The number of thiophene rings is 1. The van der Waals surface area contributed by atoms with Crippen LogP contribution in [0.4, 0.5) is 0 Å². The second-order valence-electron chi connectivity index (χ2n) is 5.26. The molecule has 20 heavy (non-hydrogen) atoms. The second-order valence-corrected chi connectivity index (χ2v) is 6.21. The minimum Gasteiger partial charge on any atom is -0.144 e. The minimum atomic E-state index is 1.18. The van der Waals surface area contributed by atoms with Crippen molar-refractivity contribution in [3.8, 4) is 0 Å². The third-order valence-electron chi connectivity index (χ3n) is 3.84. The Morgan fingerprint density at radius 1 is 0.950 bits per heavy atom. The van der Waals surface area contributed by atoms with E-state index in [1.54, 1.807) is 11.1 Å². The Bertz CT molecular complexity index is 588. The molecule has 1 heteroatoms. The lowest BCUT2D eigenvalue weighted by Gasteiger charge is -2.15. The van der Waals surface area contributed by atoms with Crippen LogP contribution < -0.4 is 0 Å². The summed E-state index contributed by atoms with van der Waals surface area (Å²) < 4.78 is 0. The van der Waals surface area contributed by atoms with Gasteiger partial charge in [-0.05, 0) is 60.3 Å². The Hall–Kier alpha value is -1.60. The zero-order valence-electron chi connectivity index (χ0n) is 11.7. The largest absolute Gasteiger partial charge is 0.144 e. The molecular formula is C19H20S. The van der Waals surface area contributed by atoms with E-state index in [9.17, 15) is 0 Å². The van der Waals surface area contributed by atoms with Crippen LogP contribution in [0.15, 0.2) is 65.6 Å². The Morgan fingerprint density at radius 2 is 1.85 bits per heavy atom. The molecule has 0 unspecified atom stereocenters. The van der Waals surface area contributed by atoms with Crippen molar-refractivity contribution in [2.45, 2.75) is 32.1 Å². The first-order chi connectivity index (χ1) is 9.93. The highest BCUT2D eigenvalue weighted by Crippen LogP contribution is 2.33. The maximum absolute atomic E-state index is 2.35. The van der Waals surface area contributed by atoms with Crippen molar-refractivity contribution in [3.63, 3.8) is 0 Å². The van der Waals surface area contributed by atoms with Crippen molar-refractivity contribution in [2.24, 2.45) is 0 Å². The van der Waals surface area contributed by atoms with Crippen LogP contribution in [-0.2, 0) is 6.42 Å². The van der Waals surface area contributed by atoms with E-state index in [4.69, 9.17) is 0 Å². The molecule has 0 radical (unpaired) electrons. The van der Waals surface area contributed by atoms with Crippen LogP contribution in [0.1, 0.15) is 36.1 Å². The lowest BCUT2D eigenvalue weighted by Crippen LogP contribution is -1.95. The molecule has 1 heterocycles. The van der Waals surface area contributed by atoms with Gasteiger partial charge in [0.1, 0.15) is 0 Å². The van der Waals surface area contributed by atoms with Gasteiger partial charge in [0.15, 0.2) is 0 Å². The van der Waals surface area contributed by atoms with Crippen LogP contribution in [-0.4, -0.2) is 0 Å². The Morgan fingerprint density at radius 3 is 2.65 bits per heavy atom. The van der Waals surface area contributed by atoms with Crippen LogP contribution in [0.2, 0.25) is 0 Å². The van der Waals surface area contributed by atoms with Crippen LogP contribution in [0, 0.1) is 0 Å². The molecule has 0 atom stereocenters. The van der Waals surface area contributed by atoms with Crippen molar-refractivity contribution in [1.29, 1.82) is 0 Å². The molecule has 0 nitrogen and oxygen atoms in total. The van der Waals surface area contributed by atoms with Gasteiger partial charge in [0.2, 0.25) is 0 Å². The first-order valence-corrected chi connectivity index (χ1v) is 8.28. The van der Waals surface area contributed by atoms with E-state index in [-0.39, 0.29) is 0 Å². The lowest BCUT2D eigenvalue weighted by atomic mass is 9.92. The summed E-state index contributed by atoms with van der Waals surface area (Å²) in [5.41, 5.74) is 4.58. The summed E-state index contributed by atoms with van der Waals surface area (Å²) in [7, 11) is 0. The monoisotopic (exact) mass is 280 g/mol. The summed E-state index contributed by atoms with van der Waals surface area (Å²) >= 11 is 1.87. The molecule has 1 aromatic heterocycles. The highest BCUT2D eigenvalue weighted by atomic mass is 32.1. The summed E-state index contributed by atoms with van der Waals surface area (Å²) in [5.74, 6) is 0. The molecular weight excluding hydrogens is 260 g/mol. The van der Waals surface area contributed by atoms with Gasteiger partial charge in [-0.2, -0.15) is 0 Å². The third kappa shape index (κ3) is 3.29. The molecule has 0 amide bonds. The predicted molar refractivity (Wildman–Crippen MR) is 89.0 cm³/mol. The molecule has 3 rings (SSSR count).